The van der Waals surface area contributed by atoms with E-state index in [0.29, 0.717) is 11.4 Å². The minimum Gasteiger partial charge on any atom is -0.495 e. The molecule has 0 fully saturated rings. The lowest BCUT2D eigenvalue weighted by Gasteiger charge is -2.30. The van der Waals surface area contributed by atoms with Crippen molar-refractivity contribution >= 4 is 22.9 Å². The first-order valence-electron chi connectivity index (χ1n) is 7.61. The van der Waals surface area contributed by atoms with Gasteiger partial charge in [-0.2, -0.15) is 0 Å². The maximum atomic E-state index is 12.3. The second-order valence-electron chi connectivity index (χ2n) is 6.44. The van der Waals surface area contributed by atoms with Gasteiger partial charge in [-0.1, -0.05) is 39.0 Å². The number of thiophene rings is 1. The molecular formula is C18H24N2O2S. The fraction of sp³-hybridized carbons (Fsp3) is 0.389. The zero-order valence-corrected chi connectivity index (χ0v) is 14.9. The third-order valence-corrected chi connectivity index (χ3v) is 4.48. The molecule has 1 aromatic carbocycles. The smallest absolute Gasteiger partial charge is 0.238 e. The molecule has 2 rings (SSSR count). The van der Waals surface area contributed by atoms with Gasteiger partial charge in [0.15, 0.2) is 0 Å². The van der Waals surface area contributed by atoms with Crippen molar-refractivity contribution in [3.05, 3.63) is 46.7 Å². The molecular weight excluding hydrogens is 308 g/mol. The van der Waals surface area contributed by atoms with Crippen LogP contribution in [0.15, 0.2) is 41.8 Å². The number of anilines is 1. The molecule has 0 bridgehead atoms. The summed E-state index contributed by atoms with van der Waals surface area (Å²) in [5.41, 5.74) is 0.709. The highest BCUT2D eigenvalue weighted by Crippen LogP contribution is 2.34. The summed E-state index contributed by atoms with van der Waals surface area (Å²) in [4.78, 5) is 13.5. The summed E-state index contributed by atoms with van der Waals surface area (Å²) in [5, 5.41) is 8.33. The van der Waals surface area contributed by atoms with E-state index in [9.17, 15) is 4.79 Å². The van der Waals surface area contributed by atoms with Crippen LogP contribution in [0.3, 0.4) is 0 Å². The van der Waals surface area contributed by atoms with Crippen LogP contribution in [0.2, 0.25) is 0 Å². The van der Waals surface area contributed by atoms with E-state index in [1.807, 2.05) is 30.3 Å². The second kappa shape index (κ2) is 7.62. The highest BCUT2D eigenvalue weighted by atomic mass is 32.1. The van der Waals surface area contributed by atoms with Gasteiger partial charge in [0.05, 0.1) is 19.3 Å². The molecule has 1 amide bonds. The minimum atomic E-state index is -0.0830. The van der Waals surface area contributed by atoms with Gasteiger partial charge in [-0.3, -0.25) is 4.79 Å². The van der Waals surface area contributed by atoms with Crippen molar-refractivity contribution in [3.63, 3.8) is 0 Å². The summed E-state index contributed by atoms with van der Waals surface area (Å²) >= 11 is 1.71. The fourth-order valence-electron chi connectivity index (χ4n) is 2.43. The number of hydrogen-bond donors (Lipinski definition) is 2. The molecule has 1 atom stereocenters. The molecule has 5 heteroatoms. The number of para-hydroxylation sites is 2. The third-order valence-electron chi connectivity index (χ3n) is 3.54. The minimum absolute atomic E-state index is 0.0234. The monoisotopic (exact) mass is 332 g/mol. The van der Waals surface area contributed by atoms with Crippen molar-refractivity contribution in [1.29, 1.82) is 0 Å². The van der Waals surface area contributed by atoms with Crippen molar-refractivity contribution in [2.75, 3.05) is 19.0 Å². The molecule has 1 heterocycles. The Labute approximate surface area is 141 Å². The molecule has 1 aromatic heterocycles. The first kappa shape index (κ1) is 17.5. The molecule has 0 aliphatic heterocycles. The largest absolute Gasteiger partial charge is 0.495 e. The van der Waals surface area contributed by atoms with Crippen molar-refractivity contribution < 1.29 is 9.53 Å². The number of amides is 1. The van der Waals surface area contributed by atoms with Crippen LogP contribution in [0.4, 0.5) is 5.69 Å². The van der Waals surface area contributed by atoms with Crippen LogP contribution in [-0.2, 0) is 4.79 Å². The number of carbonyl (C=O) groups is 1. The van der Waals surface area contributed by atoms with Crippen LogP contribution in [-0.4, -0.2) is 19.6 Å². The van der Waals surface area contributed by atoms with E-state index in [1.165, 1.54) is 4.88 Å². The second-order valence-corrected chi connectivity index (χ2v) is 7.42. The maximum absolute atomic E-state index is 12.3. The van der Waals surface area contributed by atoms with Crippen LogP contribution in [0.5, 0.6) is 5.75 Å². The lowest BCUT2D eigenvalue weighted by molar-refractivity contribution is -0.115. The molecule has 23 heavy (non-hydrogen) atoms. The van der Waals surface area contributed by atoms with Crippen LogP contribution in [0.1, 0.15) is 31.7 Å². The highest BCUT2D eigenvalue weighted by molar-refractivity contribution is 7.10. The van der Waals surface area contributed by atoms with Crippen molar-refractivity contribution in [2.24, 2.45) is 5.41 Å². The average Bonchev–Trinajstić information content (AvgIpc) is 3.00. The van der Waals surface area contributed by atoms with Crippen molar-refractivity contribution in [2.45, 2.75) is 26.8 Å². The molecule has 124 valence electrons. The molecule has 0 radical (unpaired) electrons. The van der Waals surface area contributed by atoms with E-state index >= 15 is 0 Å². The molecule has 4 nitrogen and oxygen atoms in total. The molecule has 2 N–H and O–H groups in total. The van der Waals surface area contributed by atoms with Gasteiger partial charge in [0.25, 0.3) is 0 Å². The summed E-state index contributed by atoms with van der Waals surface area (Å²) in [6.07, 6.45) is 0. The van der Waals surface area contributed by atoms with E-state index in [4.69, 9.17) is 4.74 Å². The SMILES string of the molecule is COc1ccccc1NC(=O)CNC(c1cccs1)C(C)(C)C. The maximum Gasteiger partial charge on any atom is 0.238 e. The topological polar surface area (TPSA) is 50.4 Å². The number of ether oxygens (including phenoxy) is 1. The summed E-state index contributed by atoms with van der Waals surface area (Å²) in [6, 6.07) is 11.7. The number of carbonyl (C=O) groups excluding carboxylic acids is 1. The number of hydrogen-bond acceptors (Lipinski definition) is 4. The van der Waals surface area contributed by atoms with Gasteiger partial charge in [0.1, 0.15) is 5.75 Å². The van der Waals surface area contributed by atoms with Gasteiger partial charge < -0.3 is 15.4 Å². The van der Waals surface area contributed by atoms with Gasteiger partial charge >= 0.3 is 0 Å². The Hall–Kier alpha value is -1.85. The van der Waals surface area contributed by atoms with E-state index in [1.54, 1.807) is 18.4 Å². The molecule has 0 aliphatic rings. The van der Waals surface area contributed by atoms with Gasteiger partial charge in [-0.25, -0.2) is 0 Å². The quantitative estimate of drug-likeness (QED) is 0.838. The third kappa shape index (κ3) is 4.81. The van der Waals surface area contributed by atoms with Gasteiger partial charge in [-0.15, -0.1) is 11.3 Å². The Morgan fingerprint density at radius 2 is 1.96 bits per heavy atom. The Morgan fingerprint density at radius 1 is 1.22 bits per heavy atom. The van der Waals surface area contributed by atoms with E-state index in [2.05, 4.69) is 42.9 Å². The average molecular weight is 332 g/mol. The summed E-state index contributed by atoms with van der Waals surface area (Å²) in [6.45, 7) is 6.76. The Morgan fingerprint density at radius 3 is 2.57 bits per heavy atom. The molecule has 1 unspecified atom stereocenters. The Balaban J connectivity index is 1.99. The van der Waals surface area contributed by atoms with Crippen LogP contribution < -0.4 is 15.4 Å². The number of nitrogens with one attached hydrogen (secondary N) is 2. The zero-order chi connectivity index (χ0) is 16.9. The summed E-state index contributed by atoms with van der Waals surface area (Å²) < 4.78 is 5.25. The Bertz CT molecular complexity index is 633. The van der Waals surface area contributed by atoms with Gasteiger partial charge in [0, 0.05) is 10.9 Å². The number of methoxy groups -OCH3 is 1. The predicted molar refractivity (Wildman–Crippen MR) is 96.1 cm³/mol. The van der Waals surface area contributed by atoms with E-state index in [0.717, 1.165) is 0 Å². The van der Waals surface area contributed by atoms with Crippen LogP contribution in [0, 0.1) is 5.41 Å². The Kier molecular flexibility index (Phi) is 5.80. The lowest BCUT2D eigenvalue weighted by Crippen LogP contribution is -2.37. The lowest BCUT2D eigenvalue weighted by atomic mass is 9.86. The zero-order valence-electron chi connectivity index (χ0n) is 14.1. The van der Waals surface area contributed by atoms with Crippen molar-refractivity contribution in [1.82, 2.24) is 5.32 Å². The van der Waals surface area contributed by atoms with Gasteiger partial charge in [0.2, 0.25) is 5.91 Å². The first-order chi connectivity index (χ1) is 10.9. The standard InChI is InChI=1S/C18H24N2O2S/c1-18(2,3)17(15-10-7-11-23-15)19-12-16(21)20-13-8-5-6-9-14(13)22-4/h5-11,17,19H,12H2,1-4H3,(H,20,21). The number of benzene rings is 1. The van der Waals surface area contributed by atoms with Crippen molar-refractivity contribution in [3.8, 4) is 5.75 Å². The summed E-state index contributed by atoms with van der Waals surface area (Å²) in [5.74, 6) is 0.576. The fourth-order valence-corrected chi connectivity index (χ4v) is 3.47. The molecule has 0 saturated carbocycles. The summed E-state index contributed by atoms with van der Waals surface area (Å²) in [7, 11) is 1.59. The molecule has 0 spiro atoms. The highest BCUT2D eigenvalue weighted by Gasteiger charge is 2.27. The molecule has 0 saturated heterocycles. The van der Waals surface area contributed by atoms with E-state index in [-0.39, 0.29) is 23.9 Å². The number of rotatable bonds is 6. The van der Waals surface area contributed by atoms with E-state index < -0.39 is 0 Å². The van der Waals surface area contributed by atoms with Crippen LogP contribution in [0.25, 0.3) is 0 Å². The normalized spacial score (nSPS) is 12.7. The predicted octanol–water partition coefficient (Wildman–Crippen LogP) is 4.07. The van der Waals surface area contributed by atoms with Crippen LogP contribution >= 0.6 is 11.3 Å². The molecule has 0 aliphatic carbocycles. The molecule has 2 aromatic rings. The van der Waals surface area contributed by atoms with Gasteiger partial charge in [-0.05, 0) is 29.0 Å². The first-order valence-corrected chi connectivity index (χ1v) is 8.49.